The number of rotatable bonds is 9. The van der Waals surface area contributed by atoms with Crippen LogP contribution < -0.4 is 0 Å². The summed E-state index contributed by atoms with van der Waals surface area (Å²) in [7, 11) is 0. The quantitative estimate of drug-likeness (QED) is 0.257. The Morgan fingerprint density at radius 3 is 2.47 bits per heavy atom. The van der Waals surface area contributed by atoms with Gasteiger partial charge in [0.25, 0.3) is 0 Å². The van der Waals surface area contributed by atoms with Crippen molar-refractivity contribution in [2.45, 2.75) is 125 Å². The summed E-state index contributed by atoms with van der Waals surface area (Å²) in [5.41, 5.74) is 2.26. The van der Waals surface area contributed by atoms with Crippen molar-refractivity contribution >= 4 is 11.9 Å². The van der Waals surface area contributed by atoms with E-state index in [9.17, 15) is 9.59 Å². The summed E-state index contributed by atoms with van der Waals surface area (Å²) in [5.74, 6) is 3.08. The molecule has 4 aliphatic rings. The highest BCUT2D eigenvalue weighted by Gasteiger charge is 2.59. The molecule has 0 bridgehead atoms. The monoisotopic (exact) mass is 500 g/mol. The average molecular weight is 501 g/mol. The number of esters is 1. The fraction of sp³-hybridized carbons (Fsp3) is 0.875. The number of allylic oxidation sites excluding steroid dienone is 1. The summed E-state index contributed by atoms with van der Waals surface area (Å²) in [6.07, 6.45) is 16.0. The third-order valence-corrected chi connectivity index (χ3v) is 11.4. The Morgan fingerprint density at radius 2 is 1.78 bits per heavy atom. The Morgan fingerprint density at radius 1 is 1.03 bits per heavy atom. The van der Waals surface area contributed by atoms with Gasteiger partial charge in [-0.25, -0.2) is 0 Å². The fourth-order valence-corrected chi connectivity index (χ4v) is 9.38. The molecular weight excluding hydrogens is 448 g/mol. The van der Waals surface area contributed by atoms with Crippen LogP contribution in [0.15, 0.2) is 11.6 Å². The van der Waals surface area contributed by atoms with Crippen LogP contribution in [0.2, 0.25) is 0 Å². The maximum atomic E-state index is 12.5. The molecule has 3 saturated carbocycles. The summed E-state index contributed by atoms with van der Waals surface area (Å²) >= 11 is 0. The van der Waals surface area contributed by atoms with Crippen LogP contribution in [0.1, 0.15) is 119 Å². The molecular formula is C32H52O4. The molecule has 4 aliphatic carbocycles. The van der Waals surface area contributed by atoms with Gasteiger partial charge in [-0.3, -0.25) is 9.59 Å². The van der Waals surface area contributed by atoms with Crippen molar-refractivity contribution < 1.29 is 19.4 Å². The minimum absolute atomic E-state index is 0.0963. The maximum absolute atomic E-state index is 12.5. The van der Waals surface area contributed by atoms with Gasteiger partial charge < -0.3 is 9.84 Å². The number of hydrogen-bond donors (Lipinski definition) is 1. The Kier molecular flexibility index (Phi) is 8.32. The molecule has 0 aromatic carbocycles. The van der Waals surface area contributed by atoms with Gasteiger partial charge in [0.15, 0.2) is 0 Å². The first-order valence-electron chi connectivity index (χ1n) is 15.1. The average Bonchev–Trinajstić information content (AvgIpc) is 3.15. The van der Waals surface area contributed by atoms with E-state index in [1.54, 1.807) is 6.92 Å². The van der Waals surface area contributed by atoms with E-state index in [4.69, 9.17) is 9.84 Å². The number of carbonyl (C=O) groups is 2. The number of carboxylic acid groups (broad SMARTS) is 1. The third-order valence-electron chi connectivity index (χ3n) is 11.4. The standard InChI is InChI=1S/C32H52O4/c1-20(2)8-7-9-21(3)26-12-13-27-25-11-10-23-19-24(36-30(35)22(4)18-29(33)34)14-16-31(23,5)28(25)15-17-32(26,27)6/h10,20-22,24-28H,7-9,11-19H2,1-6H3,(H,33,34)/t21-,22?,24+,25+,26-,27+,28+,31+,32-/m1/s1. The first-order valence-corrected chi connectivity index (χ1v) is 15.1. The van der Waals surface area contributed by atoms with Crippen LogP contribution in [-0.2, 0) is 14.3 Å². The van der Waals surface area contributed by atoms with Gasteiger partial charge in [0.1, 0.15) is 6.10 Å². The summed E-state index contributed by atoms with van der Waals surface area (Å²) in [6.45, 7) is 14.1. The predicted octanol–water partition coefficient (Wildman–Crippen LogP) is 8.05. The highest BCUT2D eigenvalue weighted by Crippen LogP contribution is 2.67. The Bertz CT molecular complexity index is 845. The van der Waals surface area contributed by atoms with Crippen molar-refractivity contribution in [1.29, 1.82) is 0 Å². The summed E-state index contributed by atoms with van der Waals surface area (Å²) in [6, 6.07) is 0. The zero-order valence-electron chi connectivity index (χ0n) is 23.9. The zero-order chi connectivity index (χ0) is 26.3. The molecule has 1 unspecified atom stereocenters. The number of ether oxygens (including phenoxy) is 1. The Labute approximate surface area is 220 Å². The van der Waals surface area contributed by atoms with Crippen LogP contribution in [0.4, 0.5) is 0 Å². The van der Waals surface area contributed by atoms with E-state index >= 15 is 0 Å². The van der Waals surface area contributed by atoms with Gasteiger partial charge in [-0.2, -0.15) is 0 Å². The smallest absolute Gasteiger partial charge is 0.309 e. The van der Waals surface area contributed by atoms with Crippen molar-refractivity contribution in [2.75, 3.05) is 0 Å². The molecule has 4 nitrogen and oxygen atoms in total. The van der Waals surface area contributed by atoms with Crippen molar-refractivity contribution in [3.05, 3.63) is 11.6 Å². The van der Waals surface area contributed by atoms with E-state index < -0.39 is 11.9 Å². The minimum Gasteiger partial charge on any atom is -0.481 e. The molecule has 0 saturated heterocycles. The normalized spacial score (nSPS) is 39.4. The lowest BCUT2D eigenvalue weighted by Crippen LogP contribution is -2.51. The molecule has 3 fully saturated rings. The molecule has 0 aromatic heterocycles. The van der Waals surface area contributed by atoms with Crippen LogP contribution >= 0.6 is 0 Å². The second-order valence-electron chi connectivity index (χ2n) is 14.1. The van der Waals surface area contributed by atoms with Crippen molar-refractivity contribution in [2.24, 2.45) is 52.3 Å². The van der Waals surface area contributed by atoms with E-state index in [0.29, 0.717) is 5.41 Å². The fourth-order valence-electron chi connectivity index (χ4n) is 9.38. The van der Waals surface area contributed by atoms with Gasteiger partial charge in [0.05, 0.1) is 12.3 Å². The second-order valence-corrected chi connectivity index (χ2v) is 14.1. The lowest BCUT2D eigenvalue weighted by Gasteiger charge is -2.58. The van der Waals surface area contributed by atoms with Crippen molar-refractivity contribution in [3.63, 3.8) is 0 Å². The van der Waals surface area contributed by atoms with Crippen LogP contribution in [0.3, 0.4) is 0 Å². The molecule has 0 aromatic rings. The summed E-state index contributed by atoms with van der Waals surface area (Å²) < 4.78 is 5.81. The molecule has 1 N–H and O–H groups in total. The molecule has 0 radical (unpaired) electrons. The first-order chi connectivity index (χ1) is 17.0. The molecule has 4 heteroatoms. The molecule has 0 spiro atoms. The summed E-state index contributed by atoms with van der Waals surface area (Å²) in [5, 5.41) is 9.01. The van der Waals surface area contributed by atoms with E-state index in [1.165, 1.54) is 56.9 Å². The molecule has 4 rings (SSSR count). The van der Waals surface area contributed by atoms with Crippen molar-refractivity contribution in [3.8, 4) is 0 Å². The molecule has 0 amide bonds. The largest absolute Gasteiger partial charge is 0.481 e. The molecule has 36 heavy (non-hydrogen) atoms. The SMILES string of the molecule is CC(C)CCC[C@@H](C)[C@H]1CC[C@H]2[C@@H]3CC=C4C[C@@H](OC(=O)C(C)CC(=O)O)CC[C@]4(C)[C@H]3CC[C@]12C. The number of carboxylic acids is 1. The van der Waals surface area contributed by atoms with Gasteiger partial charge in [-0.1, -0.05) is 72.5 Å². The third kappa shape index (κ3) is 5.30. The van der Waals surface area contributed by atoms with Crippen LogP contribution in [0, 0.1) is 52.3 Å². The first kappa shape index (κ1) is 27.7. The van der Waals surface area contributed by atoms with Crippen molar-refractivity contribution in [1.82, 2.24) is 0 Å². The second kappa shape index (κ2) is 10.8. The molecule has 204 valence electrons. The van der Waals surface area contributed by atoms with Crippen LogP contribution in [-0.4, -0.2) is 23.1 Å². The molecule has 9 atom stereocenters. The number of carbonyl (C=O) groups excluding carboxylic acids is 1. The van der Waals surface area contributed by atoms with E-state index in [-0.39, 0.29) is 23.9 Å². The topological polar surface area (TPSA) is 63.6 Å². The van der Waals surface area contributed by atoms with Crippen LogP contribution in [0.5, 0.6) is 0 Å². The van der Waals surface area contributed by atoms with Gasteiger partial charge in [0.2, 0.25) is 0 Å². The van der Waals surface area contributed by atoms with Gasteiger partial charge >= 0.3 is 11.9 Å². The van der Waals surface area contributed by atoms with Crippen LogP contribution in [0.25, 0.3) is 0 Å². The lowest BCUT2D eigenvalue weighted by molar-refractivity contribution is -0.159. The maximum Gasteiger partial charge on any atom is 0.309 e. The summed E-state index contributed by atoms with van der Waals surface area (Å²) in [4.78, 5) is 23.4. The van der Waals surface area contributed by atoms with E-state index in [0.717, 1.165) is 54.8 Å². The minimum atomic E-state index is -0.944. The lowest BCUT2D eigenvalue weighted by atomic mass is 9.47. The van der Waals surface area contributed by atoms with Gasteiger partial charge in [-0.05, 0) is 91.3 Å². The van der Waals surface area contributed by atoms with Gasteiger partial charge in [-0.15, -0.1) is 0 Å². The highest BCUT2D eigenvalue weighted by molar-refractivity contribution is 5.78. The highest BCUT2D eigenvalue weighted by atomic mass is 16.5. The Hall–Kier alpha value is -1.32. The number of hydrogen-bond acceptors (Lipinski definition) is 3. The van der Waals surface area contributed by atoms with E-state index in [2.05, 4.69) is 40.7 Å². The zero-order valence-corrected chi connectivity index (χ0v) is 23.9. The number of fused-ring (bicyclic) bond motifs is 5. The Balaban J connectivity index is 1.41. The molecule has 0 aliphatic heterocycles. The predicted molar refractivity (Wildman–Crippen MR) is 144 cm³/mol. The molecule has 0 heterocycles. The van der Waals surface area contributed by atoms with Gasteiger partial charge in [0, 0.05) is 6.42 Å². The van der Waals surface area contributed by atoms with E-state index in [1.807, 2.05) is 0 Å². The number of aliphatic carboxylic acids is 1.